The Balaban J connectivity index is 2.02. The van der Waals surface area contributed by atoms with Crippen molar-refractivity contribution in [1.82, 2.24) is 0 Å². The van der Waals surface area contributed by atoms with Gasteiger partial charge in [-0.25, -0.2) is 4.99 Å². The van der Waals surface area contributed by atoms with Gasteiger partial charge in [0.25, 0.3) is 0 Å². The first-order valence-electron chi connectivity index (χ1n) is 5.99. The van der Waals surface area contributed by atoms with Crippen LogP contribution in [0.4, 0.5) is 0 Å². The van der Waals surface area contributed by atoms with E-state index in [1.807, 2.05) is 6.08 Å². The van der Waals surface area contributed by atoms with Gasteiger partial charge in [0.15, 0.2) is 5.90 Å². The largest absolute Gasteiger partial charge is 0.478 e. The number of nitrogens with zero attached hydrogens (tertiary/aromatic N) is 1. The normalized spacial score (nSPS) is 17.4. The van der Waals surface area contributed by atoms with Gasteiger partial charge in [-0.3, -0.25) is 0 Å². The topological polar surface area (TPSA) is 21.6 Å². The lowest BCUT2D eigenvalue weighted by atomic mass is 10.1. The zero-order valence-corrected chi connectivity index (χ0v) is 10.6. The molecule has 0 fully saturated rings. The van der Waals surface area contributed by atoms with Crippen molar-refractivity contribution >= 4 is 5.90 Å². The Morgan fingerprint density at radius 3 is 2.47 bits per heavy atom. The molecule has 0 N–H and O–H groups in total. The first-order chi connectivity index (χ1) is 8.09. The second-order valence-electron chi connectivity index (χ2n) is 5.09. The van der Waals surface area contributed by atoms with Gasteiger partial charge in [0.1, 0.15) is 6.61 Å². The molecule has 0 amide bonds. The summed E-state index contributed by atoms with van der Waals surface area (Å²) in [6.45, 7) is 8.61. The minimum atomic E-state index is -0.0574. The predicted molar refractivity (Wildman–Crippen MR) is 71.5 cm³/mol. The van der Waals surface area contributed by atoms with Crippen LogP contribution in [0.5, 0.6) is 0 Å². The molecule has 0 aromatic heterocycles. The Labute approximate surface area is 103 Å². The van der Waals surface area contributed by atoms with Gasteiger partial charge < -0.3 is 4.74 Å². The zero-order valence-electron chi connectivity index (χ0n) is 10.6. The van der Waals surface area contributed by atoms with Gasteiger partial charge >= 0.3 is 0 Å². The zero-order chi connectivity index (χ0) is 12.3. The van der Waals surface area contributed by atoms with Crippen molar-refractivity contribution in [2.45, 2.75) is 32.2 Å². The molecule has 0 atom stereocenters. The van der Waals surface area contributed by atoms with Crippen molar-refractivity contribution in [1.29, 1.82) is 0 Å². The Morgan fingerprint density at radius 1 is 1.29 bits per heavy atom. The number of rotatable bonds is 4. The standard InChI is InChI=1S/C15H19NO/c1-4-5-12-6-8-13(9-7-12)10-14-16-15(2,3)11-17-14/h4,6-9H,1,5,10-11H2,2-3H3. The van der Waals surface area contributed by atoms with E-state index in [1.165, 1.54) is 11.1 Å². The molecular weight excluding hydrogens is 210 g/mol. The van der Waals surface area contributed by atoms with Crippen LogP contribution in [0.1, 0.15) is 25.0 Å². The SMILES string of the molecule is C=CCc1ccc(CC2=NC(C)(C)CO2)cc1. The minimum Gasteiger partial charge on any atom is -0.478 e. The Hall–Kier alpha value is -1.57. The number of aliphatic imine (C=N–C) groups is 1. The fraction of sp³-hybridized carbons (Fsp3) is 0.400. The number of hydrogen-bond donors (Lipinski definition) is 0. The van der Waals surface area contributed by atoms with Gasteiger partial charge in [-0.05, 0) is 31.4 Å². The van der Waals surface area contributed by atoms with E-state index < -0.39 is 0 Å². The highest BCUT2D eigenvalue weighted by Crippen LogP contribution is 2.19. The summed E-state index contributed by atoms with van der Waals surface area (Å²) >= 11 is 0. The molecule has 0 spiro atoms. The third-order valence-corrected chi connectivity index (χ3v) is 2.78. The molecule has 1 aromatic carbocycles. The van der Waals surface area contributed by atoms with Crippen molar-refractivity contribution < 1.29 is 4.74 Å². The molecule has 0 radical (unpaired) electrons. The summed E-state index contributed by atoms with van der Waals surface area (Å²) in [5.41, 5.74) is 2.48. The molecule has 2 nitrogen and oxygen atoms in total. The molecular formula is C15H19NO. The molecule has 0 saturated heterocycles. The van der Waals surface area contributed by atoms with Crippen LogP contribution in [-0.2, 0) is 17.6 Å². The molecule has 1 aliphatic rings. The fourth-order valence-corrected chi connectivity index (χ4v) is 1.89. The quantitative estimate of drug-likeness (QED) is 0.727. The summed E-state index contributed by atoms with van der Waals surface area (Å²) in [6.07, 6.45) is 3.63. The van der Waals surface area contributed by atoms with E-state index in [0.29, 0.717) is 6.61 Å². The van der Waals surface area contributed by atoms with Crippen LogP contribution in [0.25, 0.3) is 0 Å². The van der Waals surface area contributed by atoms with Crippen LogP contribution < -0.4 is 0 Å². The molecule has 0 saturated carbocycles. The van der Waals surface area contributed by atoms with E-state index in [-0.39, 0.29) is 5.54 Å². The molecule has 0 aliphatic carbocycles. The maximum Gasteiger partial charge on any atom is 0.188 e. The van der Waals surface area contributed by atoms with E-state index in [2.05, 4.69) is 49.7 Å². The highest BCUT2D eigenvalue weighted by Gasteiger charge is 2.25. The predicted octanol–water partition coefficient (Wildman–Crippen LogP) is 3.16. The maximum absolute atomic E-state index is 5.58. The molecule has 90 valence electrons. The minimum absolute atomic E-state index is 0.0574. The average molecular weight is 229 g/mol. The monoisotopic (exact) mass is 229 g/mol. The van der Waals surface area contributed by atoms with Gasteiger partial charge in [-0.1, -0.05) is 30.3 Å². The lowest BCUT2D eigenvalue weighted by molar-refractivity contribution is 0.275. The van der Waals surface area contributed by atoms with Crippen LogP contribution >= 0.6 is 0 Å². The summed E-state index contributed by atoms with van der Waals surface area (Å²) < 4.78 is 5.58. The molecule has 1 aromatic rings. The van der Waals surface area contributed by atoms with Crippen molar-refractivity contribution in [3.8, 4) is 0 Å². The van der Waals surface area contributed by atoms with Crippen LogP contribution in [-0.4, -0.2) is 18.0 Å². The molecule has 1 aliphatic heterocycles. The third-order valence-electron chi connectivity index (χ3n) is 2.78. The van der Waals surface area contributed by atoms with E-state index in [1.54, 1.807) is 0 Å². The van der Waals surface area contributed by atoms with Crippen molar-refractivity contribution in [2.75, 3.05) is 6.61 Å². The Bertz CT molecular complexity index is 429. The lowest BCUT2D eigenvalue weighted by Gasteiger charge is -2.07. The molecule has 1 heterocycles. The second kappa shape index (κ2) is 4.74. The van der Waals surface area contributed by atoms with E-state index >= 15 is 0 Å². The number of benzene rings is 1. The first kappa shape index (κ1) is 11.9. The van der Waals surface area contributed by atoms with Crippen LogP contribution in [0.15, 0.2) is 41.9 Å². The van der Waals surface area contributed by atoms with E-state index in [4.69, 9.17) is 4.74 Å². The highest BCUT2D eigenvalue weighted by atomic mass is 16.5. The highest BCUT2D eigenvalue weighted by molar-refractivity contribution is 5.80. The number of ether oxygens (including phenoxy) is 1. The van der Waals surface area contributed by atoms with Crippen molar-refractivity contribution in [3.05, 3.63) is 48.0 Å². The molecule has 2 rings (SSSR count). The van der Waals surface area contributed by atoms with E-state index in [0.717, 1.165) is 18.7 Å². The van der Waals surface area contributed by atoms with Gasteiger partial charge in [0.2, 0.25) is 0 Å². The van der Waals surface area contributed by atoms with Gasteiger partial charge in [-0.15, -0.1) is 6.58 Å². The Kier molecular flexibility index (Phi) is 3.32. The summed E-state index contributed by atoms with van der Waals surface area (Å²) in [6, 6.07) is 8.54. The lowest BCUT2D eigenvalue weighted by Crippen LogP contribution is -2.17. The van der Waals surface area contributed by atoms with E-state index in [9.17, 15) is 0 Å². The van der Waals surface area contributed by atoms with Crippen LogP contribution in [0, 0.1) is 0 Å². The average Bonchev–Trinajstić information content (AvgIpc) is 2.61. The first-order valence-corrected chi connectivity index (χ1v) is 5.99. The summed E-state index contributed by atoms with van der Waals surface area (Å²) in [7, 11) is 0. The summed E-state index contributed by atoms with van der Waals surface area (Å²) in [5.74, 6) is 0.853. The molecule has 2 heteroatoms. The second-order valence-corrected chi connectivity index (χ2v) is 5.09. The molecule has 17 heavy (non-hydrogen) atoms. The van der Waals surface area contributed by atoms with Crippen molar-refractivity contribution in [3.63, 3.8) is 0 Å². The van der Waals surface area contributed by atoms with Gasteiger partial charge in [-0.2, -0.15) is 0 Å². The third kappa shape index (κ3) is 3.19. The number of hydrogen-bond acceptors (Lipinski definition) is 2. The summed E-state index contributed by atoms with van der Waals surface area (Å²) in [4.78, 5) is 4.55. The fourth-order valence-electron chi connectivity index (χ4n) is 1.89. The van der Waals surface area contributed by atoms with Gasteiger partial charge in [0, 0.05) is 6.42 Å². The van der Waals surface area contributed by atoms with Crippen molar-refractivity contribution in [2.24, 2.45) is 4.99 Å². The smallest absolute Gasteiger partial charge is 0.188 e. The Morgan fingerprint density at radius 2 is 1.94 bits per heavy atom. The van der Waals surface area contributed by atoms with Crippen LogP contribution in [0.3, 0.4) is 0 Å². The summed E-state index contributed by atoms with van der Waals surface area (Å²) in [5, 5.41) is 0. The maximum atomic E-state index is 5.58. The molecule has 0 unspecified atom stereocenters. The molecule has 0 bridgehead atoms. The number of allylic oxidation sites excluding steroid dienone is 1. The van der Waals surface area contributed by atoms with Gasteiger partial charge in [0.05, 0.1) is 5.54 Å². The van der Waals surface area contributed by atoms with Crippen LogP contribution in [0.2, 0.25) is 0 Å².